The second kappa shape index (κ2) is 10.0. The number of nitro groups is 1. The number of ether oxygens (including phenoxy) is 2. The van der Waals surface area contributed by atoms with Crippen LogP contribution in [0.3, 0.4) is 0 Å². The molecule has 0 aromatic heterocycles. The van der Waals surface area contributed by atoms with Crippen LogP contribution in [0.15, 0.2) is 41.3 Å². The minimum atomic E-state index is -0.799. The van der Waals surface area contributed by atoms with Crippen LogP contribution in [0.4, 0.5) is 16.2 Å². The number of phenols is 1. The second-order valence-corrected chi connectivity index (χ2v) is 7.61. The zero-order valence-electron chi connectivity index (χ0n) is 17.6. The predicted molar refractivity (Wildman–Crippen MR) is 120 cm³/mol. The van der Waals surface area contributed by atoms with Gasteiger partial charge >= 0.3 is 5.69 Å². The number of carbonyl (C=O) groups is 3. The van der Waals surface area contributed by atoms with Crippen LogP contribution >= 0.6 is 11.8 Å². The van der Waals surface area contributed by atoms with Gasteiger partial charge in [0.15, 0.2) is 5.75 Å². The van der Waals surface area contributed by atoms with E-state index in [-0.39, 0.29) is 16.2 Å². The lowest BCUT2D eigenvalue weighted by atomic mass is 10.1. The molecule has 0 spiro atoms. The molecule has 11 nitrogen and oxygen atoms in total. The van der Waals surface area contributed by atoms with Crippen LogP contribution in [0.1, 0.15) is 12.5 Å². The molecule has 1 aliphatic heterocycles. The average molecular weight is 473 g/mol. The first-order valence-electron chi connectivity index (χ1n) is 9.57. The molecule has 12 heteroatoms. The molecule has 0 radical (unpaired) electrons. The number of nitrogens with zero attached hydrogens (tertiary/aromatic N) is 2. The van der Waals surface area contributed by atoms with Crippen LogP contribution in [-0.4, -0.2) is 52.2 Å². The topological polar surface area (TPSA) is 148 Å². The molecule has 0 aliphatic carbocycles. The molecule has 1 heterocycles. The van der Waals surface area contributed by atoms with Gasteiger partial charge in [-0.25, -0.2) is 0 Å². The van der Waals surface area contributed by atoms with E-state index < -0.39 is 40.0 Å². The molecule has 33 heavy (non-hydrogen) atoms. The monoisotopic (exact) mass is 473 g/mol. The van der Waals surface area contributed by atoms with Gasteiger partial charge in [0.05, 0.1) is 23.5 Å². The third kappa shape index (κ3) is 5.41. The molecule has 2 N–H and O–H groups in total. The number of hydrogen-bond acceptors (Lipinski definition) is 9. The number of hydrogen-bond donors (Lipinski definition) is 2. The van der Waals surface area contributed by atoms with Gasteiger partial charge in [-0.1, -0.05) is 0 Å². The molecule has 1 fully saturated rings. The Bertz CT molecular complexity index is 1150. The van der Waals surface area contributed by atoms with Gasteiger partial charge in [-0.2, -0.15) is 0 Å². The van der Waals surface area contributed by atoms with Crippen molar-refractivity contribution in [2.75, 3.05) is 25.6 Å². The van der Waals surface area contributed by atoms with Crippen molar-refractivity contribution in [1.29, 1.82) is 0 Å². The smallest absolute Gasteiger partial charge is 0.315 e. The first-order valence-corrected chi connectivity index (χ1v) is 10.4. The Morgan fingerprint density at radius 3 is 2.58 bits per heavy atom. The number of benzene rings is 2. The summed E-state index contributed by atoms with van der Waals surface area (Å²) in [6.45, 7) is 1.84. The number of imide groups is 1. The Labute approximate surface area is 192 Å². The molecule has 1 aliphatic rings. The molecule has 172 valence electrons. The summed E-state index contributed by atoms with van der Waals surface area (Å²) >= 11 is 0.593. The molecule has 0 atom stereocenters. The zero-order chi connectivity index (χ0) is 24.1. The van der Waals surface area contributed by atoms with Crippen LogP contribution < -0.4 is 14.8 Å². The highest BCUT2D eigenvalue weighted by molar-refractivity contribution is 8.18. The van der Waals surface area contributed by atoms with Crippen molar-refractivity contribution in [3.05, 3.63) is 57.0 Å². The minimum Gasteiger partial charge on any atom is -0.500 e. The second-order valence-electron chi connectivity index (χ2n) is 6.62. The number of phenolic OH excluding ortho intramolecular Hbond substituents is 1. The fraction of sp³-hybridized carbons (Fsp3) is 0.190. The lowest BCUT2D eigenvalue weighted by Crippen LogP contribution is -2.36. The summed E-state index contributed by atoms with van der Waals surface area (Å²) in [5.74, 6) is -1.48. The maximum absolute atomic E-state index is 12.7. The summed E-state index contributed by atoms with van der Waals surface area (Å²) in [5.41, 5.74) is 0.0183. The molecular formula is C21H19N3O8S. The third-order valence-corrected chi connectivity index (χ3v) is 5.32. The molecule has 1 saturated heterocycles. The Balaban J connectivity index is 1.74. The maximum atomic E-state index is 12.7. The van der Waals surface area contributed by atoms with Crippen LogP contribution in [0, 0.1) is 10.1 Å². The molecule has 3 amide bonds. The molecule has 2 aromatic carbocycles. The van der Waals surface area contributed by atoms with Crippen LogP contribution in [0.2, 0.25) is 0 Å². The van der Waals surface area contributed by atoms with Gasteiger partial charge < -0.3 is 19.9 Å². The van der Waals surface area contributed by atoms with E-state index in [0.717, 1.165) is 11.0 Å². The fourth-order valence-corrected chi connectivity index (χ4v) is 3.76. The van der Waals surface area contributed by atoms with E-state index in [2.05, 4.69) is 5.32 Å². The number of carbonyl (C=O) groups excluding carboxylic acids is 3. The SMILES string of the molecule is CCOc1ccc(NC(=O)CN2C(=O)S/C(=C/c3cc(OC)c(O)c([N+](=O)[O-])c3)C2=O)cc1. The van der Waals surface area contributed by atoms with E-state index in [1.54, 1.807) is 24.3 Å². The lowest BCUT2D eigenvalue weighted by molar-refractivity contribution is -0.386. The van der Waals surface area contributed by atoms with Gasteiger partial charge in [-0.15, -0.1) is 0 Å². The number of thioether (sulfide) groups is 1. The molecule has 0 saturated carbocycles. The number of rotatable bonds is 8. The van der Waals surface area contributed by atoms with Gasteiger partial charge in [0, 0.05) is 11.8 Å². The summed E-state index contributed by atoms with van der Waals surface area (Å²) in [5, 5.41) is 23.0. The van der Waals surface area contributed by atoms with E-state index in [4.69, 9.17) is 9.47 Å². The first-order chi connectivity index (χ1) is 15.7. The minimum absolute atomic E-state index is 0.0316. The van der Waals surface area contributed by atoms with Gasteiger partial charge in [0.25, 0.3) is 11.1 Å². The van der Waals surface area contributed by atoms with Gasteiger partial charge in [-0.05, 0) is 60.7 Å². The molecular weight excluding hydrogens is 454 g/mol. The Morgan fingerprint density at radius 1 is 1.27 bits per heavy atom. The normalized spacial score (nSPS) is 14.5. The summed E-state index contributed by atoms with van der Waals surface area (Å²) in [6.07, 6.45) is 1.25. The molecule has 2 aromatic rings. The van der Waals surface area contributed by atoms with E-state index in [0.29, 0.717) is 29.8 Å². The Morgan fingerprint density at radius 2 is 1.97 bits per heavy atom. The average Bonchev–Trinajstić information content (AvgIpc) is 3.03. The third-order valence-electron chi connectivity index (χ3n) is 4.42. The largest absolute Gasteiger partial charge is 0.500 e. The maximum Gasteiger partial charge on any atom is 0.315 e. The highest BCUT2D eigenvalue weighted by Crippen LogP contribution is 2.39. The van der Waals surface area contributed by atoms with Crippen molar-refractivity contribution in [3.63, 3.8) is 0 Å². The number of aromatic hydroxyl groups is 1. The summed E-state index contributed by atoms with van der Waals surface area (Å²) in [4.78, 5) is 48.4. The summed E-state index contributed by atoms with van der Waals surface area (Å²) in [7, 11) is 1.22. The number of nitro benzene ring substituents is 1. The van der Waals surface area contributed by atoms with Crippen LogP contribution in [0.25, 0.3) is 6.08 Å². The van der Waals surface area contributed by atoms with Gasteiger partial charge in [-0.3, -0.25) is 29.4 Å². The van der Waals surface area contributed by atoms with E-state index in [1.165, 1.54) is 19.3 Å². The van der Waals surface area contributed by atoms with Crippen molar-refractivity contribution in [1.82, 2.24) is 4.90 Å². The van der Waals surface area contributed by atoms with Gasteiger partial charge in [0.1, 0.15) is 12.3 Å². The highest BCUT2D eigenvalue weighted by atomic mass is 32.2. The molecule has 0 unspecified atom stereocenters. The summed E-state index contributed by atoms with van der Waals surface area (Å²) in [6, 6.07) is 8.93. The number of anilines is 1. The zero-order valence-corrected chi connectivity index (χ0v) is 18.4. The standard InChI is InChI=1S/C21H19N3O8S/c1-3-32-14-6-4-13(5-7-14)22-18(25)11-23-20(27)17(33-21(23)28)10-12-8-15(24(29)30)19(26)16(9-12)31-2/h4-10,26H,3,11H2,1-2H3,(H,22,25)/b17-10+. The van der Waals surface area contributed by atoms with E-state index >= 15 is 0 Å². The van der Waals surface area contributed by atoms with Gasteiger partial charge in [0.2, 0.25) is 11.7 Å². The van der Waals surface area contributed by atoms with Crippen molar-refractivity contribution < 1.29 is 33.9 Å². The highest BCUT2D eigenvalue weighted by Gasteiger charge is 2.36. The van der Waals surface area contributed by atoms with Crippen LogP contribution in [-0.2, 0) is 9.59 Å². The Hall–Kier alpha value is -4.06. The lowest BCUT2D eigenvalue weighted by Gasteiger charge is -2.12. The van der Waals surface area contributed by atoms with Crippen molar-refractivity contribution in [2.45, 2.75) is 6.92 Å². The van der Waals surface area contributed by atoms with Crippen molar-refractivity contribution in [2.24, 2.45) is 0 Å². The van der Waals surface area contributed by atoms with Crippen molar-refractivity contribution in [3.8, 4) is 17.2 Å². The number of amides is 3. The first kappa shape index (κ1) is 23.6. The van der Waals surface area contributed by atoms with E-state index in [1.807, 2.05) is 6.92 Å². The van der Waals surface area contributed by atoms with E-state index in [9.17, 15) is 29.6 Å². The Kier molecular flexibility index (Phi) is 7.18. The predicted octanol–water partition coefficient (Wildman–Crippen LogP) is 3.38. The molecule has 0 bridgehead atoms. The number of nitrogens with one attached hydrogen (secondary N) is 1. The quantitative estimate of drug-likeness (QED) is 0.334. The van der Waals surface area contributed by atoms with Crippen LogP contribution in [0.5, 0.6) is 17.2 Å². The fourth-order valence-electron chi connectivity index (χ4n) is 2.92. The van der Waals surface area contributed by atoms with Crippen molar-refractivity contribution >= 4 is 46.3 Å². The summed E-state index contributed by atoms with van der Waals surface area (Å²) < 4.78 is 10.3. The molecule has 3 rings (SSSR count). The number of methoxy groups -OCH3 is 1.